The molecule has 0 unspecified atom stereocenters. The lowest BCUT2D eigenvalue weighted by atomic mass is 10.2. The van der Waals surface area contributed by atoms with Crippen LogP contribution in [-0.2, 0) is 4.79 Å². The molecule has 0 saturated heterocycles. The Hall–Kier alpha value is -3.29. The molecule has 124 valence electrons. The second-order valence-corrected chi connectivity index (χ2v) is 5.07. The summed E-state index contributed by atoms with van der Waals surface area (Å²) in [5.41, 5.74) is 0.439. The van der Waals surface area contributed by atoms with Crippen LogP contribution in [0.25, 0.3) is 0 Å². The molecule has 1 amide bonds. The molecule has 0 fully saturated rings. The Morgan fingerprint density at radius 3 is 2.83 bits per heavy atom. The molecule has 0 aromatic heterocycles. The number of carbonyl (C=O) groups excluding carboxylic acids is 1. The largest absolute Gasteiger partial charge is 0.481 e. The second kappa shape index (κ2) is 6.45. The maximum absolute atomic E-state index is 12.2. The Balaban J connectivity index is 1.64. The van der Waals surface area contributed by atoms with E-state index in [9.17, 15) is 14.9 Å². The van der Waals surface area contributed by atoms with Crippen LogP contribution < -0.4 is 19.5 Å². The number of nitrogens with zero attached hydrogens (tertiary/aromatic N) is 1. The van der Waals surface area contributed by atoms with Crippen molar-refractivity contribution in [2.75, 3.05) is 12.1 Å². The van der Waals surface area contributed by atoms with Crippen molar-refractivity contribution < 1.29 is 23.9 Å². The van der Waals surface area contributed by atoms with E-state index in [1.54, 1.807) is 31.2 Å². The van der Waals surface area contributed by atoms with Gasteiger partial charge in [-0.25, -0.2) is 0 Å². The van der Waals surface area contributed by atoms with E-state index in [0.717, 1.165) is 0 Å². The first-order valence-corrected chi connectivity index (χ1v) is 7.14. The number of carbonyl (C=O) groups is 1. The molecule has 1 N–H and O–H groups in total. The van der Waals surface area contributed by atoms with Crippen LogP contribution in [0.3, 0.4) is 0 Å². The van der Waals surface area contributed by atoms with Gasteiger partial charge in [-0.3, -0.25) is 14.9 Å². The van der Waals surface area contributed by atoms with E-state index in [1.165, 1.54) is 18.2 Å². The van der Waals surface area contributed by atoms with Gasteiger partial charge in [0, 0.05) is 17.8 Å². The zero-order chi connectivity index (χ0) is 17.1. The van der Waals surface area contributed by atoms with E-state index in [0.29, 0.717) is 17.2 Å². The molecule has 8 nitrogen and oxygen atoms in total. The van der Waals surface area contributed by atoms with Crippen LogP contribution in [0.4, 0.5) is 11.4 Å². The molecule has 3 rings (SSSR count). The fraction of sp³-hybridized carbons (Fsp3) is 0.188. The third-order valence-electron chi connectivity index (χ3n) is 3.35. The fourth-order valence-corrected chi connectivity index (χ4v) is 2.15. The highest BCUT2D eigenvalue weighted by Crippen LogP contribution is 2.34. The Labute approximate surface area is 137 Å². The molecule has 2 aromatic rings. The quantitative estimate of drug-likeness (QED) is 0.668. The molecular weight excluding hydrogens is 316 g/mol. The van der Waals surface area contributed by atoms with Crippen molar-refractivity contribution >= 4 is 17.3 Å². The molecule has 1 aliphatic heterocycles. The van der Waals surface area contributed by atoms with Gasteiger partial charge in [-0.05, 0) is 25.1 Å². The lowest BCUT2D eigenvalue weighted by Gasteiger charge is -2.14. The van der Waals surface area contributed by atoms with Gasteiger partial charge < -0.3 is 19.5 Å². The minimum absolute atomic E-state index is 0.101. The third kappa shape index (κ3) is 3.37. The van der Waals surface area contributed by atoms with Crippen molar-refractivity contribution in [1.29, 1.82) is 0 Å². The number of hydrogen-bond donors (Lipinski definition) is 1. The standard InChI is InChI=1S/C16H14N2O6/c1-10(24-13-4-2-3-12(8-13)18(20)21)16(19)17-11-5-6-14-15(7-11)23-9-22-14/h2-8,10H,9H2,1H3,(H,17,19)/t10-/m1/s1. The first-order valence-electron chi connectivity index (χ1n) is 7.14. The van der Waals surface area contributed by atoms with Crippen LogP contribution in [0.15, 0.2) is 42.5 Å². The van der Waals surface area contributed by atoms with Gasteiger partial charge in [0.05, 0.1) is 11.0 Å². The van der Waals surface area contributed by atoms with E-state index < -0.39 is 11.0 Å². The molecule has 1 heterocycles. The molecule has 0 aliphatic carbocycles. The van der Waals surface area contributed by atoms with Crippen molar-refractivity contribution in [3.05, 3.63) is 52.6 Å². The van der Waals surface area contributed by atoms with Gasteiger partial charge in [0.25, 0.3) is 11.6 Å². The summed E-state index contributed by atoms with van der Waals surface area (Å²) < 4.78 is 15.9. The minimum Gasteiger partial charge on any atom is -0.481 e. The Morgan fingerprint density at radius 1 is 1.25 bits per heavy atom. The van der Waals surface area contributed by atoms with Crippen molar-refractivity contribution in [2.45, 2.75) is 13.0 Å². The van der Waals surface area contributed by atoms with Gasteiger partial charge >= 0.3 is 0 Å². The number of ether oxygens (including phenoxy) is 3. The predicted molar refractivity (Wildman–Crippen MR) is 84.4 cm³/mol. The van der Waals surface area contributed by atoms with E-state index in [4.69, 9.17) is 14.2 Å². The second-order valence-electron chi connectivity index (χ2n) is 5.07. The number of benzene rings is 2. The maximum atomic E-state index is 12.2. The lowest BCUT2D eigenvalue weighted by Crippen LogP contribution is -2.30. The minimum atomic E-state index is -0.836. The van der Waals surface area contributed by atoms with E-state index >= 15 is 0 Å². The van der Waals surface area contributed by atoms with Crippen molar-refractivity contribution in [2.24, 2.45) is 0 Å². The highest BCUT2D eigenvalue weighted by molar-refractivity contribution is 5.94. The van der Waals surface area contributed by atoms with Crippen LogP contribution in [0, 0.1) is 10.1 Å². The molecule has 1 atom stereocenters. The number of nitro benzene ring substituents is 1. The molecule has 24 heavy (non-hydrogen) atoms. The zero-order valence-electron chi connectivity index (χ0n) is 12.7. The van der Waals surface area contributed by atoms with Crippen LogP contribution in [0.1, 0.15) is 6.92 Å². The molecule has 0 radical (unpaired) electrons. The summed E-state index contributed by atoms with van der Waals surface area (Å²) in [5.74, 6) is 1.03. The van der Waals surface area contributed by atoms with Gasteiger partial charge in [-0.2, -0.15) is 0 Å². The molecule has 0 saturated carbocycles. The van der Waals surface area contributed by atoms with Gasteiger partial charge in [0.2, 0.25) is 6.79 Å². The van der Waals surface area contributed by atoms with Crippen molar-refractivity contribution in [3.8, 4) is 17.2 Å². The summed E-state index contributed by atoms with van der Waals surface area (Å²) in [4.78, 5) is 22.4. The average molecular weight is 330 g/mol. The fourth-order valence-electron chi connectivity index (χ4n) is 2.15. The Morgan fingerprint density at radius 2 is 2.04 bits per heavy atom. The number of hydrogen-bond acceptors (Lipinski definition) is 6. The number of non-ortho nitro benzene ring substituents is 1. The van der Waals surface area contributed by atoms with Crippen LogP contribution in [0.5, 0.6) is 17.2 Å². The topological polar surface area (TPSA) is 99.9 Å². The normalized spacial score (nSPS) is 13.2. The maximum Gasteiger partial charge on any atom is 0.273 e. The van der Waals surface area contributed by atoms with E-state index in [2.05, 4.69) is 5.32 Å². The van der Waals surface area contributed by atoms with Crippen molar-refractivity contribution in [3.63, 3.8) is 0 Å². The predicted octanol–water partition coefficient (Wildman–Crippen LogP) is 2.73. The van der Waals surface area contributed by atoms with Gasteiger partial charge in [0.1, 0.15) is 5.75 Å². The number of rotatable bonds is 5. The summed E-state index contributed by atoms with van der Waals surface area (Å²) >= 11 is 0. The molecular formula is C16H14N2O6. The summed E-state index contributed by atoms with van der Waals surface area (Å²) in [5, 5.41) is 13.5. The smallest absolute Gasteiger partial charge is 0.273 e. The summed E-state index contributed by atoms with van der Waals surface area (Å²) in [7, 11) is 0. The van der Waals surface area contributed by atoms with Gasteiger partial charge in [-0.15, -0.1) is 0 Å². The first kappa shape index (κ1) is 15.6. The third-order valence-corrected chi connectivity index (χ3v) is 3.35. The number of anilines is 1. The zero-order valence-corrected chi connectivity index (χ0v) is 12.7. The average Bonchev–Trinajstić information content (AvgIpc) is 3.02. The van der Waals surface area contributed by atoms with Gasteiger partial charge in [0.15, 0.2) is 17.6 Å². The highest BCUT2D eigenvalue weighted by atomic mass is 16.7. The monoisotopic (exact) mass is 330 g/mol. The van der Waals surface area contributed by atoms with Crippen LogP contribution >= 0.6 is 0 Å². The lowest BCUT2D eigenvalue weighted by molar-refractivity contribution is -0.384. The molecule has 8 heteroatoms. The SMILES string of the molecule is C[C@@H](Oc1cccc([N+](=O)[O-])c1)C(=O)Nc1ccc2c(c1)OCO2. The molecule has 2 aromatic carbocycles. The molecule has 0 bridgehead atoms. The van der Waals surface area contributed by atoms with E-state index in [-0.39, 0.29) is 24.1 Å². The Kier molecular flexibility index (Phi) is 4.19. The Bertz CT molecular complexity index is 792. The number of fused-ring (bicyclic) bond motifs is 1. The highest BCUT2D eigenvalue weighted by Gasteiger charge is 2.18. The summed E-state index contributed by atoms with van der Waals surface area (Å²) in [6, 6.07) is 10.7. The summed E-state index contributed by atoms with van der Waals surface area (Å²) in [6.45, 7) is 1.71. The summed E-state index contributed by atoms with van der Waals surface area (Å²) in [6.07, 6.45) is -0.836. The van der Waals surface area contributed by atoms with Crippen molar-refractivity contribution in [1.82, 2.24) is 0 Å². The van der Waals surface area contributed by atoms with Crippen LogP contribution in [0.2, 0.25) is 0 Å². The number of nitrogens with one attached hydrogen (secondary N) is 1. The van der Waals surface area contributed by atoms with Gasteiger partial charge in [-0.1, -0.05) is 6.07 Å². The van der Waals surface area contributed by atoms with Crippen LogP contribution in [-0.4, -0.2) is 23.7 Å². The molecule has 1 aliphatic rings. The number of amides is 1. The first-order chi connectivity index (χ1) is 11.5. The number of nitro groups is 1. The molecule has 0 spiro atoms. The van der Waals surface area contributed by atoms with E-state index in [1.807, 2.05) is 0 Å².